The predicted octanol–water partition coefficient (Wildman–Crippen LogP) is 1.38. The lowest BCUT2D eigenvalue weighted by Crippen LogP contribution is -2.39. The Balaban J connectivity index is 2.07. The fraction of sp³-hybridized carbons (Fsp3) is 0.421. The molecule has 2 heterocycles. The Bertz CT molecular complexity index is 828. The Labute approximate surface area is 162 Å². The third kappa shape index (κ3) is 3.65. The number of benzene rings is 1. The molecule has 0 spiro atoms. The molecule has 1 N–H and O–H groups in total. The van der Waals surface area contributed by atoms with Crippen LogP contribution in [0.15, 0.2) is 29.5 Å². The molecule has 0 aromatic heterocycles. The van der Waals surface area contributed by atoms with Crippen LogP contribution in [0, 0.1) is 0 Å². The smallest absolute Gasteiger partial charge is 0.355 e. The summed E-state index contributed by atoms with van der Waals surface area (Å²) in [7, 11) is 2.41. The van der Waals surface area contributed by atoms with Crippen LogP contribution >= 0.6 is 0 Å². The SMILES string of the molecule is COC(=O)C1=C(C(=O)OC)N(c2ccc(N3CCCC3)c(C(=O)O)c2)COC1. The highest BCUT2D eigenvalue weighted by molar-refractivity contribution is 6.04. The number of hydrogen-bond donors (Lipinski definition) is 1. The topological polar surface area (TPSA) is 106 Å². The van der Waals surface area contributed by atoms with Gasteiger partial charge in [-0.3, -0.25) is 0 Å². The number of carbonyl (C=O) groups excluding carboxylic acids is 2. The van der Waals surface area contributed by atoms with Crippen molar-refractivity contribution in [3.8, 4) is 0 Å². The average molecular weight is 390 g/mol. The van der Waals surface area contributed by atoms with Crippen molar-refractivity contribution >= 4 is 29.3 Å². The second kappa shape index (κ2) is 8.30. The zero-order valence-corrected chi connectivity index (χ0v) is 15.8. The van der Waals surface area contributed by atoms with E-state index in [-0.39, 0.29) is 30.2 Å². The van der Waals surface area contributed by atoms with Crippen LogP contribution in [0.5, 0.6) is 0 Å². The van der Waals surface area contributed by atoms with Crippen LogP contribution in [0.25, 0.3) is 0 Å². The summed E-state index contributed by atoms with van der Waals surface area (Å²) in [5, 5.41) is 9.69. The molecule has 28 heavy (non-hydrogen) atoms. The van der Waals surface area contributed by atoms with Gasteiger partial charge in [-0.25, -0.2) is 14.4 Å². The summed E-state index contributed by atoms with van der Waals surface area (Å²) in [4.78, 5) is 39.7. The van der Waals surface area contributed by atoms with Gasteiger partial charge in [-0.15, -0.1) is 0 Å². The van der Waals surface area contributed by atoms with Crippen molar-refractivity contribution in [1.82, 2.24) is 0 Å². The monoisotopic (exact) mass is 390 g/mol. The van der Waals surface area contributed by atoms with Crippen LogP contribution in [-0.2, 0) is 23.8 Å². The first-order chi connectivity index (χ1) is 13.5. The molecule has 1 aromatic rings. The molecule has 0 radical (unpaired) electrons. The van der Waals surface area contributed by atoms with Crippen LogP contribution in [0.2, 0.25) is 0 Å². The minimum Gasteiger partial charge on any atom is -0.478 e. The van der Waals surface area contributed by atoms with E-state index in [0.29, 0.717) is 11.4 Å². The lowest BCUT2D eigenvalue weighted by atomic mass is 10.1. The Morgan fingerprint density at radius 2 is 1.75 bits per heavy atom. The predicted molar refractivity (Wildman–Crippen MR) is 99.2 cm³/mol. The van der Waals surface area contributed by atoms with Crippen LogP contribution in [0.4, 0.5) is 11.4 Å². The summed E-state index contributed by atoms with van der Waals surface area (Å²) >= 11 is 0. The van der Waals surface area contributed by atoms with Gasteiger partial charge in [-0.1, -0.05) is 0 Å². The highest BCUT2D eigenvalue weighted by atomic mass is 16.5. The summed E-state index contributed by atoms with van der Waals surface area (Å²) in [5.41, 5.74) is 1.14. The highest BCUT2D eigenvalue weighted by Crippen LogP contribution is 2.32. The average Bonchev–Trinajstić information content (AvgIpc) is 3.26. The number of rotatable bonds is 5. The largest absolute Gasteiger partial charge is 0.478 e. The molecule has 0 saturated carbocycles. The molecule has 1 saturated heterocycles. The van der Waals surface area contributed by atoms with E-state index < -0.39 is 17.9 Å². The molecule has 150 valence electrons. The van der Waals surface area contributed by atoms with Gasteiger partial charge in [0.2, 0.25) is 0 Å². The van der Waals surface area contributed by atoms with Gasteiger partial charge in [0.25, 0.3) is 0 Å². The lowest BCUT2D eigenvalue weighted by molar-refractivity contribution is -0.140. The Morgan fingerprint density at radius 3 is 2.36 bits per heavy atom. The van der Waals surface area contributed by atoms with Crippen molar-refractivity contribution < 1.29 is 33.7 Å². The van der Waals surface area contributed by atoms with Crippen molar-refractivity contribution in [3.05, 3.63) is 35.0 Å². The number of carbonyl (C=O) groups is 3. The molecule has 0 unspecified atom stereocenters. The van der Waals surface area contributed by atoms with Crippen LogP contribution in [-0.4, -0.2) is 63.7 Å². The fourth-order valence-electron chi connectivity index (χ4n) is 3.44. The Morgan fingerprint density at radius 1 is 1.07 bits per heavy atom. The van der Waals surface area contributed by atoms with Gasteiger partial charge >= 0.3 is 17.9 Å². The van der Waals surface area contributed by atoms with E-state index in [4.69, 9.17) is 14.2 Å². The Kier molecular flexibility index (Phi) is 5.84. The highest BCUT2D eigenvalue weighted by Gasteiger charge is 2.33. The van der Waals surface area contributed by atoms with E-state index in [1.54, 1.807) is 12.1 Å². The van der Waals surface area contributed by atoms with Crippen molar-refractivity contribution in [1.29, 1.82) is 0 Å². The lowest BCUT2D eigenvalue weighted by Gasteiger charge is -2.32. The number of aromatic carboxylic acids is 1. The number of anilines is 2. The van der Waals surface area contributed by atoms with E-state index in [0.717, 1.165) is 25.9 Å². The van der Waals surface area contributed by atoms with E-state index in [1.165, 1.54) is 25.2 Å². The first-order valence-electron chi connectivity index (χ1n) is 8.85. The number of esters is 2. The molecule has 3 rings (SSSR count). The second-order valence-corrected chi connectivity index (χ2v) is 6.42. The first kappa shape index (κ1) is 19.7. The van der Waals surface area contributed by atoms with Crippen molar-refractivity contribution in [3.63, 3.8) is 0 Å². The molecule has 0 atom stereocenters. The summed E-state index contributed by atoms with van der Waals surface area (Å²) in [6.07, 6.45) is 2.02. The number of hydrogen-bond acceptors (Lipinski definition) is 8. The number of ether oxygens (including phenoxy) is 3. The van der Waals surface area contributed by atoms with E-state index >= 15 is 0 Å². The quantitative estimate of drug-likeness (QED) is 0.746. The van der Waals surface area contributed by atoms with Crippen LogP contribution in [0.3, 0.4) is 0 Å². The minimum absolute atomic E-state index is 0.0149. The number of carboxylic acid groups (broad SMARTS) is 1. The molecule has 2 aliphatic heterocycles. The van der Waals surface area contributed by atoms with Gasteiger partial charge in [0.05, 0.1) is 37.7 Å². The van der Waals surface area contributed by atoms with Gasteiger partial charge in [-0.05, 0) is 31.0 Å². The molecule has 0 aliphatic carbocycles. The molecule has 9 heteroatoms. The number of nitrogens with zero attached hydrogens (tertiary/aromatic N) is 2. The van der Waals surface area contributed by atoms with E-state index in [9.17, 15) is 19.5 Å². The maximum Gasteiger partial charge on any atom is 0.355 e. The zero-order chi connectivity index (χ0) is 20.3. The standard InChI is InChI=1S/C19H22N2O7/c1-26-18(24)14-10-28-11-21(16(14)19(25)27-2)12-5-6-15(13(9-12)17(22)23)20-7-3-4-8-20/h5-6,9H,3-4,7-8,10-11H2,1-2H3,(H,22,23). The summed E-state index contributed by atoms with van der Waals surface area (Å²) in [5.74, 6) is -2.51. The van der Waals surface area contributed by atoms with E-state index in [1.807, 2.05) is 4.90 Å². The molecule has 1 fully saturated rings. The van der Waals surface area contributed by atoms with E-state index in [2.05, 4.69) is 0 Å². The van der Waals surface area contributed by atoms with Crippen molar-refractivity contribution in [2.75, 3.05) is 50.4 Å². The van der Waals surface area contributed by atoms with Gasteiger partial charge in [0, 0.05) is 18.8 Å². The third-order valence-electron chi connectivity index (χ3n) is 4.80. The first-order valence-corrected chi connectivity index (χ1v) is 8.85. The Hall–Kier alpha value is -3.07. The molecule has 2 aliphatic rings. The molecular formula is C19H22N2O7. The van der Waals surface area contributed by atoms with Crippen molar-refractivity contribution in [2.24, 2.45) is 0 Å². The summed E-state index contributed by atoms with van der Waals surface area (Å²) in [6, 6.07) is 4.89. The van der Waals surface area contributed by atoms with Gasteiger partial charge in [-0.2, -0.15) is 0 Å². The van der Waals surface area contributed by atoms with Crippen molar-refractivity contribution in [2.45, 2.75) is 12.8 Å². The van der Waals surface area contributed by atoms with Gasteiger partial charge in [0.1, 0.15) is 12.4 Å². The van der Waals surface area contributed by atoms with Crippen LogP contribution in [0.1, 0.15) is 23.2 Å². The number of methoxy groups -OCH3 is 2. The molecule has 9 nitrogen and oxygen atoms in total. The maximum absolute atomic E-state index is 12.4. The number of carboxylic acids is 1. The van der Waals surface area contributed by atoms with Crippen LogP contribution < -0.4 is 9.80 Å². The third-order valence-corrected chi connectivity index (χ3v) is 4.80. The minimum atomic E-state index is -1.07. The second-order valence-electron chi connectivity index (χ2n) is 6.42. The summed E-state index contributed by atoms with van der Waals surface area (Å²) < 4.78 is 15.0. The van der Waals surface area contributed by atoms with Gasteiger partial charge < -0.3 is 29.1 Å². The molecule has 0 bridgehead atoms. The normalized spacial score (nSPS) is 16.9. The maximum atomic E-state index is 12.4. The summed E-state index contributed by atoms with van der Waals surface area (Å²) in [6.45, 7) is 1.46. The fourth-order valence-corrected chi connectivity index (χ4v) is 3.44. The van der Waals surface area contributed by atoms with Gasteiger partial charge in [0.15, 0.2) is 0 Å². The molecular weight excluding hydrogens is 368 g/mol. The molecule has 1 aromatic carbocycles. The molecule has 0 amide bonds. The zero-order valence-electron chi connectivity index (χ0n) is 15.8.